The van der Waals surface area contributed by atoms with E-state index in [1.165, 1.54) is 17.5 Å². The highest BCUT2D eigenvalue weighted by atomic mass is 32.2. The molecule has 40 heavy (non-hydrogen) atoms. The number of methoxy groups -OCH3 is 1. The number of hydrogen-bond donors (Lipinski definition) is 1. The third kappa shape index (κ3) is 6.18. The van der Waals surface area contributed by atoms with Crippen LogP contribution in [0.4, 0.5) is 11.6 Å². The van der Waals surface area contributed by atoms with Crippen molar-refractivity contribution >= 4 is 21.7 Å². The molecule has 0 radical (unpaired) electrons. The van der Waals surface area contributed by atoms with Gasteiger partial charge in [-0.2, -0.15) is 9.57 Å². The van der Waals surface area contributed by atoms with Crippen molar-refractivity contribution in [3.05, 3.63) is 54.2 Å². The first-order valence-electron chi connectivity index (χ1n) is 13.1. The molecule has 0 atom stereocenters. The third-order valence-corrected chi connectivity index (χ3v) is 8.95. The summed E-state index contributed by atoms with van der Waals surface area (Å²) in [6.07, 6.45) is 3.23. The second-order valence-electron chi connectivity index (χ2n) is 9.72. The van der Waals surface area contributed by atoms with Crippen molar-refractivity contribution in [2.75, 3.05) is 58.9 Å². The minimum atomic E-state index is -3.70. The van der Waals surface area contributed by atoms with E-state index in [0.29, 0.717) is 68.0 Å². The first-order valence-corrected chi connectivity index (χ1v) is 14.6. The predicted molar refractivity (Wildman–Crippen MR) is 149 cm³/mol. The van der Waals surface area contributed by atoms with E-state index in [4.69, 9.17) is 14.2 Å². The number of ether oxygens (including phenoxy) is 3. The molecule has 3 aromatic rings. The van der Waals surface area contributed by atoms with Crippen LogP contribution in [0, 0.1) is 11.3 Å². The zero-order chi connectivity index (χ0) is 28.1. The molecule has 12 heteroatoms. The number of piperazine rings is 1. The molecule has 210 valence electrons. The molecule has 0 spiro atoms. The fraction of sp³-hybridized carbons (Fsp3) is 0.393. The molecule has 0 aliphatic carbocycles. The standard InChI is InChI=1S/C28H32N6O5S/c1-33-11-13-34(14-12-33)40(35,36)27-6-4-22(18-26(27)37-2)31-28-30-10-7-24(32-28)20-3-5-25(21(17-20)19-29)39-23-8-15-38-16-9-23/h3-7,10,17-18,23H,8-9,11-16H2,1-2H3,(H,30,31,32). The van der Waals surface area contributed by atoms with Gasteiger partial charge in [0.25, 0.3) is 0 Å². The SMILES string of the molecule is COc1cc(Nc2nccc(-c3ccc(OC4CCOCC4)c(C#N)c3)n2)ccc1S(=O)(=O)N1CCN(C)CC1. The van der Waals surface area contributed by atoms with E-state index in [-0.39, 0.29) is 16.7 Å². The lowest BCUT2D eigenvalue weighted by atomic mass is 10.1. The Bertz CT molecular complexity index is 1500. The molecule has 0 saturated carbocycles. The van der Waals surface area contributed by atoms with Gasteiger partial charge in [-0.05, 0) is 43.4 Å². The van der Waals surface area contributed by atoms with Gasteiger partial charge in [0, 0.05) is 62.5 Å². The summed E-state index contributed by atoms with van der Waals surface area (Å²) < 4.78 is 44.9. The van der Waals surface area contributed by atoms with Gasteiger partial charge in [-0.3, -0.25) is 0 Å². The van der Waals surface area contributed by atoms with Gasteiger partial charge in [-0.25, -0.2) is 18.4 Å². The molecule has 2 saturated heterocycles. The molecule has 2 aromatic carbocycles. The van der Waals surface area contributed by atoms with Crippen molar-refractivity contribution < 1.29 is 22.6 Å². The summed E-state index contributed by atoms with van der Waals surface area (Å²) in [5.74, 6) is 1.10. The van der Waals surface area contributed by atoms with E-state index in [1.54, 1.807) is 36.5 Å². The van der Waals surface area contributed by atoms with Gasteiger partial charge < -0.3 is 24.4 Å². The summed E-state index contributed by atoms with van der Waals surface area (Å²) in [7, 11) is -0.280. The second kappa shape index (κ2) is 12.2. The van der Waals surface area contributed by atoms with Crippen LogP contribution < -0.4 is 14.8 Å². The van der Waals surface area contributed by atoms with Crippen molar-refractivity contribution in [1.29, 1.82) is 5.26 Å². The molecule has 0 amide bonds. The zero-order valence-corrected chi connectivity index (χ0v) is 23.4. The van der Waals surface area contributed by atoms with Crippen LogP contribution in [0.5, 0.6) is 11.5 Å². The van der Waals surface area contributed by atoms with E-state index in [1.807, 2.05) is 13.1 Å². The van der Waals surface area contributed by atoms with Crippen LogP contribution in [-0.4, -0.2) is 87.2 Å². The van der Waals surface area contributed by atoms with Gasteiger partial charge in [0.2, 0.25) is 16.0 Å². The van der Waals surface area contributed by atoms with E-state index in [9.17, 15) is 13.7 Å². The second-order valence-corrected chi connectivity index (χ2v) is 11.6. The average Bonchev–Trinajstić information content (AvgIpc) is 2.98. The molecule has 0 bridgehead atoms. The van der Waals surface area contributed by atoms with Crippen molar-refractivity contribution in [2.24, 2.45) is 0 Å². The Morgan fingerprint density at radius 3 is 2.55 bits per heavy atom. The molecule has 1 aromatic heterocycles. The normalized spacial score (nSPS) is 17.2. The fourth-order valence-electron chi connectivity index (χ4n) is 4.69. The van der Waals surface area contributed by atoms with Crippen molar-refractivity contribution in [3.63, 3.8) is 0 Å². The van der Waals surface area contributed by atoms with Gasteiger partial charge in [-0.15, -0.1) is 0 Å². The highest BCUT2D eigenvalue weighted by molar-refractivity contribution is 7.89. The molecule has 2 fully saturated rings. The first kappa shape index (κ1) is 27.8. The number of nitriles is 1. The summed E-state index contributed by atoms with van der Waals surface area (Å²) in [5.41, 5.74) is 2.36. The van der Waals surface area contributed by atoms with Crippen LogP contribution in [0.3, 0.4) is 0 Å². The summed E-state index contributed by atoms with van der Waals surface area (Å²) in [6, 6.07) is 14.2. The maximum Gasteiger partial charge on any atom is 0.246 e. The molecule has 3 heterocycles. The van der Waals surface area contributed by atoms with Crippen molar-refractivity contribution in [1.82, 2.24) is 19.2 Å². The first-order chi connectivity index (χ1) is 19.4. The van der Waals surface area contributed by atoms with Crippen LogP contribution in [0.25, 0.3) is 11.3 Å². The largest absolute Gasteiger partial charge is 0.495 e. The zero-order valence-electron chi connectivity index (χ0n) is 22.5. The summed E-state index contributed by atoms with van der Waals surface area (Å²) in [5, 5.41) is 12.9. The topological polar surface area (TPSA) is 130 Å². The summed E-state index contributed by atoms with van der Waals surface area (Å²) >= 11 is 0. The average molecular weight is 565 g/mol. The number of hydrogen-bond acceptors (Lipinski definition) is 10. The number of anilines is 2. The molecule has 5 rings (SSSR count). The van der Waals surface area contributed by atoms with Crippen LogP contribution in [0.1, 0.15) is 18.4 Å². The molecule has 2 aliphatic rings. The Morgan fingerprint density at radius 1 is 1.05 bits per heavy atom. The third-order valence-electron chi connectivity index (χ3n) is 7.01. The van der Waals surface area contributed by atoms with Crippen molar-refractivity contribution in [2.45, 2.75) is 23.8 Å². The Balaban J connectivity index is 1.34. The quantitative estimate of drug-likeness (QED) is 0.435. The molecule has 11 nitrogen and oxygen atoms in total. The molecular weight excluding hydrogens is 532 g/mol. The van der Waals surface area contributed by atoms with Crippen LogP contribution in [-0.2, 0) is 14.8 Å². The highest BCUT2D eigenvalue weighted by Crippen LogP contribution is 2.32. The van der Waals surface area contributed by atoms with E-state index in [0.717, 1.165) is 18.4 Å². The minimum Gasteiger partial charge on any atom is -0.495 e. The molecular formula is C28H32N6O5S. The maximum absolute atomic E-state index is 13.3. The van der Waals surface area contributed by atoms with Gasteiger partial charge in [-0.1, -0.05) is 0 Å². The Labute approximate surface area is 234 Å². The molecule has 0 unspecified atom stereocenters. The van der Waals surface area contributed by atoms with Gasteiger partial charge in [0.1, 0.15) is 28.6 Å². The Hall–Kier alpha value is -3.76. The Kier molecular flexibility index (Phi) is 8.46. The smallest absolute Gasteiger partial charge is 0.246 e. The number of aromatic nitrogens is 2. The predicted octanol–water partition coefficient (Wildman–Crippen LogP) is 3.26. The number of likely N-dealkylation sites (N-methyl/N-ethyl adjacent to an activating group) is 1. The maximum atomic E-state index is 13.3. The monoisotopic (exact) mass is 564 g/mol. The summed E-state index contributed by atoms with van der Waals surface area (Å²) in [4.78, 5) is 11.1. The number of rotatable bonds is 8. The number of benzene rings is 2. The fourth-order valence-corrected chi connectivity index (χ4v) is 6.25. The lowest BCUT2D eigenvalue weighted by Crippen LogP contribution is -2.47. The van der Waals surface area contributed by atoms with Crippen LogP contribution in [0.2, 0.25) is 0 Å². The van der Waals surface area contributed by atoms with Crippen LogP contribution >= 0.6 is 0 Å². The minimum absolute atomic E-state index is 0.0291. The Morgan fingerprint density at radius 2 is 1.82 bits per heavy atom. The molecule has 1 N–H and O–H groups in total. The van der Waals surface area contributed by atoms with E-state index in [2.05, 4.69) is 26.3 Å². The lowest BCUT2D eigenvalue weighted by molar-refractivity contribution is 0.0254. The number of nitrogens with zero attached hydrogens (tertiary/aromatic N) is 5. The number of sulfonamides is 1. The van der Waals surface area contributed by atoms with E-state index < -0.39 is 10.0 Å². The van der Waals surface area contributed by atoms with Gasteiger partial charge >= 0.3 is 0 Å². The summed E-state index contributed by atoms with van der Waals surface area (Å²) in [6.45, 7) is 3.52. The van der Waals surface area contributed by atoms with E-state index >= 15 is 0 Å². The van der Waals surface area contributed by atoms with Gasteiger partial charge in [0.15, 0.2) is 0 Å². The van der Waals surface area contributed by atoms with Gasteiger partial charge in [0.05, 0.1) is 31.6 Å². The highest BCUT2D eigenvalue weighted by Gasteiger charge is 2.30. The van der Waals surface area contributed by atoms with Crippen LogP contribution in [0.15, 0.2) is 53.6 Å². The lowest BCUT2D eigenvalue weighted by Gasteiger charge is -2.31. The molecule has 2 aliphatic heterocycles. The van der Waals surface area contributed by atoms with Crippen molar-refractivity contribution in [3.8, 4) is 28.8 Å². The number of nitrogens with one attached hydrogen (secondary N) is 1.